The summed E-state index contributed by atoms with van der Waals surface area (Å²) in [5.41, 5.74) is 2.70. The Morgan fingerprint density at radius 1 is 1.12 bits per heavy atom. The molecule has 2 aromatic carbocycles. The Kier molecular flexibility index (Phi) is 7.39. The number of benzene rings is 2. The summed E-state index contributed by atoms with van der Waals surface area (Å²) < 4.78 is 13.0. The average molecular weight is 496 g/mol. The number of amides is 1. The number of nitrogens with one attached hydrogen (secondary N) is 2. The molecule has 8 nitrogen and oxygen atoms in total. The van der Waals surface area contributed by atoms with E-state index in [1.54, 1.807) is 7.11 Å². The topological polar surface area (TPSA) is 94.1 Å². The first-order valence-corrected chi connectivity index (χ1v) is 12.0. The normalized spacial score (nSPS) is 10.8. The van der Waals surface area contributed by atoms with Gasteiger partial charge in [-0.1, -0.05) is 0 Å². The van der Waals surface area contributed by atoms with Crippen molar-refractivity contribution in [3.05, 3.63) is 58.2 Å². The van der Waals surface area contributed by atoms with Gasteiger partial charge in [-0.3, -0.25) is 14.5 Å². The monoisotopic (exact) mass is 495 g/mol. The molecule has 10 heteroatoms. The van der Waals surface area contributed by atoms with Crippen LogP contribution in [0.15, 0.2) is 48.5 Å². The van der Waals surface area contributed by atoms with Gasteiger partial charge in [0.1, 0.15) is 11.5 Å². The maximum absolute atomic E-state index is 12.7. The van der Waals surface area contributed by atoms with E-state index in [1.807, 2.05) is 66.9 Å². The van der Waals surface area contributed by atoms with E-state index in [1.165, 1.54) is 11.3 Å². The zero-order chi connectivity index (χ0) is 24.1. The molecule has 2 heterocycles. The molecule has 0 bridgehead atoms. The van der Waals surface area contributed by atoms with E-state index in [0.717, 1.165) is 33.2 Å². The van der Waals surface area contributed by atoms with Crippen molar-refractivity contribution < 1.29 is 14.3 Å². The fraction of sp³-hybridized carbons (Fsp3) is 0.250. The number of aromatic nitrogens is 4. The van der Waals surface area contributed by atoms with Crippen molar-refractivity contribution in [2.75, 3.05) is 19.0 Å². The first-order valence-electron chi connectivity index (χ1n) is 10.8. The number of carbonyl (C=O) groups is 1. The second-order valence-corrected chi connectivity index (χ2v) is 9.00. The quantitative estimate of drug-likeness (QED) is 0.299. The van der Waals surface area contributed by atoms with Gasteiger partial charge in [0.15, 0.2) is 15.7 Å². The maximum Gasteiger partial charge on any atom is 0.227 e. The van der Waals surface area contributed by atoms with Crippen LogP contribution in [0.5, 0.6) is 11.5 Å². The van der Waals surface area contributed by atoms with Crippen LogP contribution in [-0.4, -0.2) is 39.4 Å². The molecule has 0 radical (unpaired) electrons. The third-order valence-electron chi connectivity index (χ3n) is 5.15. The Bertz CT molecular complexity index is 1320. The Morgan fingerprint density at radius 2 is 1.79 bits per heavy atom. The van der Waals surface area contributed by atoms with Gasteiger partial charge in [0.05, 0.1) is 19.4 Å². The van der Waals surface area contributed by atoms with Crippen molar-refractivity contribution in [2.24, 2.45) is 0 Å². The van der Waals surface area contributed by atoms with E-state index >= 15 is 0 Å². The van der Waals surface area contributed by atoms with Crippen LogP contribution in [0.2, 0.25) is 0 Å². The number of carbonyl (C=O) groups excluding carboxylic acids is 1. The molecule has 1 amide bonds. The fourth-order valence-corrected chi connectivity index (χ4v) is 4.55. The molecule has 0 unspecified atom stereocenters. The van der Waals surface area contributed by atoms with Gasteiger partial charge in [0.2, 0.25) is 5.91 Å². The van der Waals surface area contributed by atoms with Crippen molar-refractivity contribution in [2.45, 2.75) is 26.8 Å². The van der Waals surface area contributed by atoms with Crippen LogP contribution < -0.4 is 14.8 Å². The largest absolute Gasteiger partial charge is 0.497 e. The summed E-state index contributed by atoms with van der Waals surface area (Å²) in [6, 6.07) is 15.3. The van der Waals surface area contributed by atoms with E-state index in [-0.39, 0.29) is 12.3 Å². The highest BCUT2D eigenvalue weighted by atomic mass is 32.1. The molecule has 0 saturated heterocycles. The minimum absolute atomic E-state index is 0.143. The summed E-state index contributed by atoms with van der Waals surface area (Å²) in [5.74, 6) is 2.11. The van der Waals surface area contributed by atoms with Crippen molar-refractivity contribution in [1.82, 2.24) is 19.7 Å². The molecule has 2 aromatic heterocycles. The summed E-state index contributed by atoms with van der Waals surface area (Å²) in [4.78, 5) is 18.3. The number of methoxy groups -OCH3 is 1. The highest BCUT2D eigenvalue weighted by molar-refractivity contribution is 7.71. The highest BCUT2D eigenvalue weighted by Crippen LogP contribution is 2.31. The molecule has 0 atom stereocenters. The molecule has 0 aliphatic carbocycles. The molecular weight excluding hydrogens is 470 g/mol. The van der Waals surface area contributed by atoms with E-state index in [4.69, 9.17) is 21.7 Å². The number of H-pyrrole nitrogens is 1. The number of aryl methyl sites for hydroxylation is 1. The second kappa shape index (κ2) is 10.6. The van der Waals surface area contributed by atoms with Gasteiger partial charge in [0, 0.05) is 29.0 Å². The van der Waals surface area contributed by atoms with E-state index in [0.29, 0.717) is 28.9 Å². The molecule has 0 spiro atoms. The predicted octanol–water partition coefficient (Wildman–Crippen LogP) is 5.48. The number of aromatic amines is 1. The maximum atomic E-state index is 12.7. The van der Waals surface area contributed by atoms with Gasteiger partial charge in [-0.05, 0) is 74.6 Å². The molecule has 0 fully saturated rings. The van der Waals surface area contributed by atoms with Crippen LogP contribution in [0, 0.1) is 11.7 Å². The highest BCUT2D eigenvalue weighted by Gasteiger charge is 2.14. The van der Waals surface area contributed by atoms with Gasteiger partial charge < -0.3 is 14.8 Å². The molecule has 176 valence electrons. The minimum Gasteiger partial charge on any atom is -0.497 e. The zero-order valence-electron chi connectivity index (χ0n) is 19.1. The van der Waals surface area contributed by atoms with Crippen molar-refractivity contribution in [3.63, 3.8) is 0 Å². The Balaban J connectivity index is 1.42. The van der Waals surface area contributed by atoms with E-state index in [9.17, 15) is 4.79 Å². The van der Waals surface area contributed by atoms with E-state index in [2.05, 4.69) is 20.5 Å². The summed E-state index contributed by atoms with van der Waals surface area (Å²) in [5, 5.41) is 10.6. The first kappa shape index (κ1) is 23.7. The second-order valence-electron chi connectivity index (χ2n) is 7.41. The smallest absolute Gasteiger partial charge is 0.227 e. The SMILES string of the molecule is CCOc1ccc(-c2n[nH]c(=S)n2CCC(=O)Nc2nc(-c3ccc(OC)cc3)c(C)s2)cc1. The van der Waals surface area contributed by atoms with Crippen molar-refractivity contribution in [3.8, 4) is 34.1 Å². The number of hydrogen-bond acceptors (Lipinski definition) is 7. The molecule has 2 N–H and O–H groups in total. The van der Waals surface area contributed by atoms with Crippen LogP contribution >= 0.6 is 23.6 Å². The Hall–Kier alpha value is -3.50. The molecule has 34 heavy (non-hydrogen) atoms. The number of nitrogens with zero attached hydrogens (tertiary/aromatic N) is 3. The molecule has 4 aromatic rings. The minimum atomic E-state index is -0.143. The average Bonchev–Trinajstić information content (AvgIpc) is 3.40. The molecule has 0 aliphatic heterocycles. The number of rotatable bonds is 9. The van der Waals surface area contributed by atoms with Crippen LogP contribution in [0.25, 0.3) is 22.6 Å². The van der Waals surface area contributed by atoms with Gasteiger partial charge in [-0.2, -0.15) is 5.10 Å². The standard InChI is InChI=1S/C24H25N5O3S2/c1-4-32-19-11-7-17(8-12-19)22-27-28-24(33)29(22)14-13-20(30)25-23-26-21(15(2)34-23)16-5-9-18(31-3)10-6-16/h5-12H,4,13-14H2,1-3H3,(H,28,33)(H,25,26,30). The lowest BCUT2D eigenvalue weighted by atomic mass is 10.1. The molecule has 0 aliphatic rings. The van der Waals surface area contributed by atoms with E-state index < -0.39 is 0 Å². The molecule has 4 rings (SSSR count). The van der Waals surface area contributed by atoms with Crippen molar-refractivity contribution >= 4 is 34.6 Å². The van der Waals surface area contributed by atoms with Crippen LogP contribution in [0.4, 0.5) is 5.13 Å². The van der Waals surface area contributed by atoms with Crippen LogP contribution in [0.3, 0.4) is 0 Å². The summed E-state index contributed by atoms with van der Waals surface area (Å²) >= 11 is 6.83. The lowest BCUT2D eigenvalue weighted by molar-refractivity contribution is -0.116. The van der Waals surface area contributed by atoms with Gasteiger partial charge in [-0.15, -0.1) is 11.3 Å². The summed E-state index contributed by atoms with van der Waals surface area (Å²) in [6.45, 7) is 4.92. The first-order chi connectivity index (χ1) is 16.5. The van der Waals surface area contributed by atoms with Gasteiger partial charge in [0.25, 0.3) is 0 Å². The molecule has 0 saturated carbocycles. The summed E-state index contributed by atoms with van der Waals surface area (Å²) in [7, 11) is 1.63. The number of hydrogen-bond donors (Lipinski definition) is 2. The summed E-state index contributed by atoms with van der Waals surface area (Å²) in [6.07, 6.45) is 0.231. The zero-order valence-corrected chi connectivity index (χ0v) is 20.8. The number of ether oxygens (including phenoxy) is 2. The van der Waals surface area contributed by atoms with Gasteiger partial charge >= 0.3 is 0 Å². The van der Waals surface area contributed by atoms with Crippen molar-refractivity contribution in [1.29, 1.82) is 0 Å². The number of thiazole rings is 1. The number of anilines is 1. The van der Waals surface area contributed by atoms with Crippen LogP contribution in [-0.2, 0) is 11.3 Å². The third kappa shape index (κ3) is 5.35. The van der Waals surface area contributed by atoms with Crippen LogP contribution in [0.1, 0.15) is 18.2 Å². The lowest BCUT2D eigenvalue weighted by Crippen LogP contribution is -2.15. The molecular formula is C24H25N5O3S2. The fourth-order valence-electron chi connectivity index (χ4n) is 3.47. The lowest BCUT2D eigenvalue weighted by Gasteiger charge is -2.08. The third-order valence-corrected chi connectivity index (χ3v) is 6.35. The predicted molar refractivity (Wildman–Crippen MR) is 136 cm³/mol. The Morgan fingerprint density at radius 3 is 2.47 bits per heavy atom. The van der Waals surface area contributed by atoms with Gasteiger partial charge in [-0.25, -0.2) is 4.98 Å². The Labute approximate surface area is 206 Å².